The van der Waals surface area contributed by atoms with E-state index in [9.17, 15) is 9.59 Å². The molecule has 1 heterocycles. The number of hydrogen-bond donors (Lipinski definition) is 2. The van der Waals surface area contributed by atoms with Crippen LogP contribution in [-0.2, 0) is 4.74 Å². The van der Waals surface area contributed by atoms with Gasteiger partial charge < -0.3 is 15.4 Å². The maximum Gasteiger partial charge on any atom is 0.338 e. The minimum atomic E-state index is -0.341. The number of nitrogens with one attached hydrogen (secondary N) is 2. The Labute approximate surface area is 159 Å². The molecular weight excluding hydrogens is 342 g/mol. The zero-order valence-corrected chi connectivity index (χ0v) is 15.5. The summed E-state index contributed by atoms with van der Waals surface area (Å²) in [5.74, 6) is -0.428. The van der Waals surface area contributed by atoms with Gasteiger partial charge in [-0.05, 0) is 50.1 Å². The predicted octanol–water partition coefficient (Wildman–Crippen LogP) is 4.06. The van der Waals surface area contributed by atoms with Crippen LogP contribution in [0.5, 0.6) is 0 Å². The topological polar surface area (TPSA) is 80.3 Å². The van der Waals surface area contributed by atoms with E-state index in [0.29, 0.717) is 17.7 Å². The highest BCUT2D eigenvalue weighted by Crippen LogP contribution is 2.20. The number of ether oxygens (including phenoxy) is 1. The van der Waals surface area contributed by atoms with E-state index < -0.39 is 0 Å². The largest absolute Gasteiger partial charge is 0.462 e. The van der Waals surface area contributed by atoms with Crippen LogP contribution in [0.15, 0.2) is 42.7 Å². The van der Waals surface area contributed by atoms with Crippen molar-refractivity contribution in [3.63, 3.8) is 0 Å². The Bertz CT molecular complexity index is 784. The Morgan fingerprint density at radius 1 is 1.04 bits per heavy atom. The smallest absolute Gasteiger partial charge is 0.338 e. The molecule has 6 heteroatoms. The normalized spacial score (nSPS) is 14.4. The Hall–Kier alpha value is -2.89. The lowest BCUT2D eigenvalue weighted by Crippen LogP contribution is -2.36. The minimum Gasteiger partial charge on any atom is -0.462 e. The summed E-state index contributed by atoms with van der Waals surface area (Å²) in [5, 5.41) is 6.31. The second-order valence-electron chi connectivity index (χ2n) is 6.69. The van der Waals surface area contributed by atoms with Crippen LogP contribution < -0.4 is 10.6 Å². The number of anilines is 2. The van der Waals surface area contributed by atoms with Gasteiger partial charge in [0, 0.05) is 17.9 Å². The summed E-state index contributed by atoms with van der Waals surface area (Å²) in [6.45, 7) is 2.12. The number of benzene rings is 1. The third kappa shape index (κ3) is 5.29. The number of esters is 1. The van der Waals surface area contributed by atoms with Gasteiger partial charge in [-0.2, -0.15) is 0 Å². The second kappa shape index (κ2) is 9.16. The van der Waals surface area contributed by atoms with Crippen molar-refractivity contribution >= 4 is 23.3 Å². The molecule has 1 amide bonds. The molecule has 1 saturated carbocycles. The quantitative estimate of drug-likeness (QED) is 0.753. The molecule has 1 aromatic heterocycles. The van der Waals surface area contributed by atoms with E-state index in [4.69, 9.17) is 4.74 Å². The van der Waals surface area contributed by atoms with Crippen LogP contribution in [0.25, 0.3) is 0 Å². The molecule has 0 bridgehead atoms. The molecule has 0 spiro atoms. The Morgan fingerprint density at radius 3 is 2.48 bits per heavy atom. The number of hydrogen-bond acceptors (Lipinski definition) is 5. The van der Waals surface area contributed by atoms with Crippen molar-refractivity contribution < 1.29 is 14.3 Å². The first-order chi connectivity index (χ1) is 13.2. The van der Waals surface area contributed by atoms with Gasteiger partial charge in [0.05, 0.1) is 29.6 Å². The zero-order chi connectivity index (χ0) is 19.1. The van der Waals surface area contributed by atoms with Crippen molar-refractivity contribution in [3.05, 3.63) is 53.9 Å². The van der Waals surface area contributed by atoms with E-state index in [0.717, 1.165) is 24.2 Å². The first-order valence-electron chi connectivity index (χ1n) is 9.46. The second-order valence-corrected chi connectivity index (χ2v) is 6.69. The van der Waals surface area contributed by atoms with Crippen LogP contribution in [0.4, 0.5) is 11.4 Å². The molecule has 0 unspecified atom stereocenters. The van der Waals surface area contributed by atoms with E-state index in [2.05, 4.69) is 15.6 Å². The number of aromatic nitrogens is 1. The van der Waals surface area contributed by atoms with Crippen molar-refractivity contribution in [2.45, 2.75) is 45.1 Å². The molecule has 142 valence electrons. The number of carbonyl (C=O) groups excluding carboxylic acids is 2. The fraction of sp³-hybridized carbons (Fsp3) is 0.381. The highest BCUT2D eigenvalue weighted by molar-refractivity contribution is 5.95. The Morgan fingerprint density at radius 2 is 1.78 bits per heavy atom. The van der Waals surface area contributed by atoms with E-state index in [1.807, 2.05) is 0 Å². The van der Waals surface area contributed by atoms with Crippen molar-refractivity contribution in [3.8, 4) is 0 Å². The van der Waals surface area contributed by atoms with Gasteiger partial charge in [-0.3, -0.25) is 9.78 Å². The van der Waals surface area contributed by atoms with Crippen molar-refractivity contribution in [2.75, 3.05) is 11.9 Å². The van der Waals surface area contributed by atoms with Gasteiger partial charge >= 0.3 is 5.97 Å². The third-order valence-corrected chi connectivity index (χ3v) is 4.63. The van der Waals surface area contributed by atoms with Crippen LogP contribution in [0.3, 0.4) is 0 Å². The lowest BCUT2D eigenvalue weighted by atomic mass is 9.95. The van der Waals surface area contributed by atoms with Gasteiger partial charge in [0.15, 0.2) is 0 Å². The molecule has 0 aliphatic heterocycles. The van der Waals surface area contributed by atoms with Gasteiger partial charge in [0.2, 0.25) is 0 Å². The average Bonchev–Trinajstić information content (AvgIpc) is 2.70. The van der Waals surface area contributed by atoms with Crippen LogP contribution in [0.2, 0.25) is 0 Å². The summed E-state index contributed by atoms with van der Waals surface area (Å²) in [4.78, 5) is 28.3. The van der Waals surface area contributed by atoms with Crippen molar-refractivity contribution in [1.82, 2.24) is 10.3 Å². The fourth-order valence-electron chi connectivity index (χ4n) is 3.22. The summed E-state index contributed by atoms with van der Waals surface area (Å²) in [7, 11) is 0. The molecule has 1 aliphatic rings. The van der Waals surface area contributed by atoms with Gasteiger partial charge in [-0.25, -0.2) is 4.79 Å². The maximum atomic E-state index is 12.5. The number of nitrogens with zero attached hydrogens (tertiary/aromatic N) is 1. The number of carbonyl (C=O) groups is 2. The van der Waals surface area contributed by atoms with Crippen molar-refractivity contribution in [1.29, 1.82) is 0 Å². The molecule has 3 rings (SSSR count). The molecule has 6 nitrogen and oxygen atoms in total. The van der Waals surface area contributed by atoms with Crippen LogP contribution >= 0.6 is 0 Å². The molecule has 2 N–H and O–H groups in total. The summed E-state index contributed by atoms with van der Waals surface area (Å²) in [6, 6.07) is 9.03. The lowest BCUT2D eigenvalue weighted by Gasteiger charge is -2.22. The van der Waals surface area contributed by atoms with Gasteiger partial charge in [0.25, 0.3) is 5.91 Å². The van der Waals surface area contributed by atoms with E-state index >= 15 is 0 Å². The maximum absolute atomic E-state index is 12.5. The number of rotatable bonds is 6. The Balaban J connectivity index is 1.63. The summed E-state index contributed by atoms with van der Waals surface area (Å²) >= 11 is 0. The van der Waals surface area contributed by atoms with Crippen LogP contribution in [-0.4, -0.2) is 29.5 Å². The first kappa shape index (κ1) is 18.9. The van der Waals surface area contributed by atoms with E-state index in [1.165, 1.54) is 19.3 Å². The molecule has 1 aromatic carbocycles. The fourth-order valence-corrected chi connectivity index (χ4v) is 3.22. The zero-order valence-electron chi connectivity index (χ0n) is 15.5. The highest BCUT2D eigenvalue weighted by Gasteiger charge is 2.17. The monoisotopic (exact) mass is 367 g/mol. The van der Waals surface area contributed by atoms with Gasteiger partial charge in [-0.15, -0.1) is 0 Å². The highest BCUT2D eigenvalue weighted by atomic mass is 16.5. The van der Waals surface area contributed by atoms with E-state index in [1.54, 1.807) is 49.6 Å². The van der Waals surface area contributed by atoms with Crippen molar-refractivity contribution in [2.24, 2.45) is 0 Å². The Kier molecular flexibility index (Phi) is 6.41. The standard InChI is InChI=1S/C21H25N3O3/c1-2-27-21(26)15-8-10-18(11-9-15)23-19-12-16(13-22-14-19)20(25)24-17-6-4-3-5-7-17/h8-14,17,23H,2-7H2,1H3,(H,24,25). The summed E-state index contributed by atoms with van der Waals surface area (Å²) < 4.78 is 4.98. The molecular formula is C21H25N3O3. The van der Waals surface area contributed by atoms with E-state index in [-0.39, 0.29) is 17.9 Å². The number of amides is 1. The SMILES string of the molecule is CCOC(=O)c1ccc(Nc2cncc(C(=O)NC3CCCCC3)c2)cc1. The van der Waals surface area contributed by atoms with Gasteiger partial charge in [0.1, 0.15) is 0 Å². The molecule has 0 atom stereocenters. The van der Waals surface area contributed by atoms with Crippen LogP contribution in [0.1, 0.15) is 59.7 Å². The molecule has 0 saturated heterocycles. The minimum absolute atomic E-state index is 0.0873. The lowest BCUT2D eigenvalue weighted by molar-refractivity contribution is 0.0526. The summed E-state index contributed by atoms with van der Waals surface area (Å²) in [6.07, 6.45) is 8.93. The summed E-state index contributed by atoms with van der Waals surface area (Å²) in [5.41, 5.74) is 2.56. The van der Waals surface area contributed by atoms with Crippen LogP contribution in [0, 0.1) is 0 Å². The predicted molar refractivity (Wildman–Crippen MR) is 104 cm³/mol. The molecule has 27 heavy (non-hydrogen) atoms. The molecule has 2 aromatic rings. The molecule has 0 radical (unpaired) electrons. The first-order valence-corrected chi connectivity index (χ1v) is 9.46. The number of pyridine rings is 1. The molecule has 1 fully saturated rings. The van der Waals surface area contributed by atoms with Gasteiger partial charge in [-0.1, -0.05) is 19.3 Å². The molecule has 1 aliphatic carbocycles. The average molecular weight is 367 g/mol. The third-order valence-electron chi connectivity index (χ3n) is 4.63.